The van der Waals surface area contributed by atoms with Crippen LogP contribution in [0, 0.1) is 0 Å². The lowest BCUT2D eigenvalue weighted by atomic mass is 9.94. The Hall–Kier alpha value is -4.62. The summed E-state index contributed by atoms with van der Waals surface area (Å²) in [5.74, 6) is 0. The maximum Gasteiger partial charge on any atom is 0.136 e. The van der Waals surface area contributed by atoms with Crippen molar-refractivity contribution in [1.82, 2.24) is 0 Å². The van der Waals surface area contributed by atoms with E-state index in [1.54, 1.807) is 0 Å². The van der Waals surface area contributed by atoms with E-state index in [1.807, 2.05) is 0 Å². The minimum atomic E-state index is 0.929. The van der Waals surface area contributed by atoms with Crippen molar-refractivity contribution in [2.45, 2.75) is 0 Å². The van der Waals surface area contributed by atoms with Crippen molar-refractivity contribution in [1.29, 1.82) is 0 Å². The lowest BCUT2D eigenvalue weighted by molar-refractivity contribution is 0.669. The van der Waals surface area contributed by atoms with Gasteiger partial charge in [-0.15, -0.1) is 0 Å². The van der Waals surface area contributed by atoms with E-state index >= 15 is 0 Å². The first-order valence-electron chi connectivity index (χ1n) is 12.0. The van der Waals surface area contributed by atoms with Crippen molar-refractivity contribution in [2.75, 3.05) is 0 Å². The molecule has 35 heavy (non-hydrogen) atoms. The summed E-state index contributed by atoms with van der Waals surface area (Å²) in [7, 11) is 0. The van der Waals surface area contributed by atoms with Gasteiger partial charge in [0.05, 0.1) is 0 Å². The summed E-state index contributed by atoms with van der Waals surface area (Å²) in [6.07, 6.45) is 0. The molecule has 1 aromatic heterocycles. The van der Waals surface area contributed by atoms with Crippen LogP contribution in [0.5, 0.6) is 0 Å². The fourth-order valence-corrected chi connectivity index (χ4v) is 5.67. The summed E-state index contributed by atoms with van der Waals surface area (Å²) < 4.78 is 6.31. The van der Waals surface area contributed by atoms with Crippen LogP contribution in [-0.4, -0.2) is 0 Å². The van der Waals surface area contributed by atoms with Gasteiger partial charge in [-0.1, -0.05) is 84.9 Å². The maximum absolute atomic E-state index is 6.31. The van der Waals surface area contributed by atoms with Crippen LogP contribution in [0.1, 0.15) is 0 Å². The van der Waals surface area contributed by atoms with Gasteiger partial charge in [0.25, 0.3) is 0 Å². The lowest BCUT2D eigenvalue weighted by Crippen LogP contribution is -1.83. The largest absolute Gasteiger partial charge is 0.456 e. The van der Waals surface area contributed by atoms with Crippen molar-refractivity contribution in [3.8, 4) is 11.1 Å². The van der Waals surface area contributed by atoms with Gasteiger partial charge in [-0.25, -0.2) is 0 Å². The average molecular weight is 445 g/mol. The van der Waals surface area contributed by atoms with Gasteiger partial charge in [0, 0.05) is 10.8 Å². The van der Waals surface area contributed by atoms with Gasteiger partial charge in [0.1, 0.15) is 11.2 Å². The Morgan fingerprint density at radius 2 is 1.09 bits per heavy atom. The van der Waals surface area contributed by atoms with Gasteiger partial charge in [0.2, 0.25) is 0 Å². The van der Waals surface area contributed by atoms with Crippen molar-refractivity contribution < 1.29 is 4.42 Å². The van der Waals surface area contributed by atoms with E-state index < -0.39 is 0 Å². The van der Waals surface area contributed by atoms with E-state index in [2.05, 4.69) is 121 Å². The minimum absolute atomic E-state index is 0.929. The van der Waals surface area contributed by atoms with E-state index in [4.69, 9.17) is 4.42 Å². The number of fused-ring (bicyclic) bond motifs is 8. The first-order valence-corrected chi connectivity index (χ1v) is 12.0. The van der Waals surface area contributed by atoms with Crippen molar-refractivity contribution in [2.24, 2.45) is 0 Å². The second-order valence-electron chi connectivity index (χ2n) is 9.40. The van der Waals surface area contributed by atoms with E-state index in [9.17, 15) is 0 Å². The maximum atomic E-state index is 6.31. The summed E-state index contributed by atoms with van der Waals surface area (Å²) in [6.45, 7) is 0. The van der Waals surface area contributed by atoms with Gasteiger partial charge in [-0.3, -0.25) is 0 Å². The van der Waals surface area contributed by atoms with Crippen LogP contribution in [0.3, 0.4) is 0 Å². The molecule has 1 heteroatoms. The summed E-state index contributed by atoms with van der Waals surface area (Å²) in [6, 6.07) is 43.8. The molecule has 0 bridgehead atoms. The number of hydrogen-bond acceptors (Lipinski definition) is 1. The van der Waals surface area contributed by atoms with Gasteiger partial charge < -0.3 is 4.42 Å². The molecular formula is C34H20O. The quantitative estimate of drug-likeness (QED) is 0.181. The van der Waals surface area contributed by atoms with Crippen molar-refractivity contribution in [3.63, 3.8) is 0 Å². The molecule has 8 rings (SSSR count). The normalized spacial score (nSPS) is 12.0. The third-order valence-corrected chi connectivity index (χ3v) is 7.38. The highest BCUT2D eigenvalue weighted by molar-refractivity contribution is 6.17. The van der Waals surface area contributed by atoms with E-state index in [1.165, 1.54) is 65.0 Å². The first-order chi connectivity index (χ1) is 17.3. The zero-order chi connectivity index (χ0) is 22.9. The summed E-state index contributed by atoms with van der Waals surface area (Å²) in [5.41, 5.74) is 4.28. The molecule has 0 aliphatic rings. The van der Waals surface area contributed by atoms with Crippen LogP contribution >= 0.6 is 0 Å². The zero-order valence-corrected chi connectivity index (χ0v) is 19.0. The second-order valence-corrected chi connectivity index (χ2v) is 9.40. The number of furan rings is 1. The molecular weight excluding hydrogens is 424 g/mol. The van der Waals surface area contributed by atoms with Crippen LogP contribution in [-0.2, 0) is 0 Å². The summed E-state index contributed by atoms with van der Waals surface area (Å²) in [5, 5.41) is 12.4. The Balaban J connectivity index is 1.39. The molecule has 0 fully saturated rings. The molecule has 8 aromatic rings. The Labute approximate surface area is 201 Å². The standard InChI is InChI=1S/C34H20O/c1-2-8-23-20-33-31(19-22(23)7-1)34-29(10-5-11-32(34)35-33)25-15-13-24-18-30-26(17-27(24)16-25)14-12-21-6-3-4-9-28(21)30/h1-20H. The van der Waals surface area contributed by atoms with Gasteiger partial charge in [0.15, 0.2) is 0 Å². The smallest absolute Gasteiger partial charge is 0.136 e. The first kappa shape index (κ1) is 18.8. The monoisotopic (exact) mass is 444 g/mol. The molecule has 0 atom stereocenters. The van der Waals surface area contributed by atoms with Crippen LogP contribution in [0.4, 0.5) is 0 Å². The predicted molar refractivity (Wildman–Crippen MR) is 149 cm³/mol. The number of rotatable bonds is 1. The molecule has 7 aromatic carbocycles. The van der Waals surface area contributed by atoms with Crippen LogP contribution < -0.4 is 0 Å². The molecule has 1 heterocycles. The Kier molecular flexibility index (Phi) is 3.72. The fourth-order valence-electron chi connectivity index (χ4n) is 5.67. The fraction of sp³-hybridized carbons (Fsp3) is 0. The van der Waals surface area contributed by atoms with Gasteiger partial charge in [-0.05, 0) is 90.6 Å². The minimum Gasteiger partial charge on any atom is -0.456 e. The molecule has 1 nitrogen and oxygen atoms in total. The molecule has 0 aliphatic carbocycles. The average Bonchev–Trinajstić information content (AvgIpc) is 3.28. The van der Waals surface area contributed by atoms with Crippen molar-refractivity contribution >= 4 is 65.0 Å². The molecule has 0 N–H and O–H groups in total. The third-order valence-electron chi connectivity index (χ3n) is 7.38. The van der Waals surface area contributed by atoms with Crippen LogP contribution in [0.15, 0.2) is 126 Å². The summed E-state index contributed by atoms with van der Waals surface area (Å²) in [4.78, 5) is 0. The lowest BCUT2D eigenvalue weighted by Gasteiger charge is -2.09. The highest BCUT2D eigenvalue weighted by Crippen LogP contribution is 2.39. The van der Waals surface area contributed by atoms with Crippen LogP contribution in [0.25, 0.3) is 76.2 Å². The highest BCUT2D eigenvalue weighted by atomic mass is 16.3. The number of hydrogen-bond donors (Lipinski definition) is 0. The number of benzene rings is 7. The third kappa shape index (κ3) is 2.76. The van der Waals surface area contributed by atoms with Gasteiger partial charge >= 0.3 is 0 Å². The molecule has 0 saturated carbocycles. The van der Waals surface area contributed by atoms with E-state index in [0.717, 1.165) is 11.2 Å². The second kappa shape index (κ2) is 6.94. The van der Waals surface area contributed by atoms with E-state index in [0.29, 0.717) is 0 Å². The SMILES string of the molecule is c1ccc2cc3c(cc2c1)oc1cccc(-c2ccc4cc5c(ccc6ccccc65)cc4c2)c13. The molecule has 0 aliphatic heterocycles. The Morgan fingerprint density at radius 1 is 0.371 bits per heavy atom. The Morgan fingerprint density at radius 3 is 2.00 bits per heavy atom. The summed E-state index contributed by atoms with van der Waals surface area (Å²) >= 11 is 0. The molecule has 0 saturated heterocycles. The molecule has 0 spiro atoms. The van der Waals surface area contributed by atoms with Crippen molar-refractivity contribution in [3.05, 3.63) is 121 Å². The molecule has 0 unspecified atom stereocenters. The predicted octanol–water partition coefficient (Wildman–Crippen LogP) is 9.87. The van der Waals surface area contributed by atoms with E-state index in [-0.39, 0.29) is 0 Å². The zero-order valence-electron chi connectivity index (χ0n) is 19.0. The molecule has 162 valence electrons. The Bertz CT molecular complexity index is 2110. The topological polar surface area (TPSA) is 13.1 Å². The highest BCUT2D eigenvalue weighted by Gasteiger charge is 2.14. The van der Waals surface area contributed by atoms with Crippen LogP contribution in [0.2, 0.25) is 0 Å². The van der Waals surface area contributed by atoms with Gasteiger partial charge in [-0.2, -0.15) is 0 Å². The molecule has 0 radical (unpaired) electrons. The molecule has 0 amide bonds.